The summed E-state index contributed by atoms with van der Waals surface area (Å²) in [7, 11) is -4.15. The van der Waals surface area contributed by atoms with Crippen molar-refractivity contribution in [3.63, 3.8) is 0 Å². The van der Waals surface area contributed by atoms with E-state index in [1.54, 1.807) is 42.5 Å². The fourth-order valence-electron chi connectivity index (χ4n) is 4.21. The van der Waals surface area contributed by atoms with Crippen LogP contribution >= 0.6 is 11.6 Å². The lowest BCUT2D eigenvalue weighted by molar-refractivity contribution is -0.139. The normalized spacial score (nSPS) is 12.1. The van der Waals surface area contributed by atoms with E-state index >= 15 is 0 Å². The van der Waals surface area contributed by atoms with Crippen LogP contribution in [0.2, 0.25) is 5.02 Å². The molecule has 3 rings (SSSR count). The second-order valence-electron chi connectivity index (χ2n) is 9.66. The third kappa shape index (κ3) is 8.07. The number of nitrogens with one attached hydrogen (secondary N) is 1. The number of carbonyl (C=O) groups is 2. The molecule has 0 aliphatic carbocycles. The predicted octanol–water partition coefficient (Wildman–Crippen LogP) is 5.16. The molecular formula is C30H36ClN3O4S. The standard InChI is InChI=1S/C30H36ClN3O4S/c1-4-27(30(36)32-21-23(2)3)33(20-19-24-13-7-5-8-14-24)29(35)22-34(28-18-12-11-17-26(28)31)39(37,38)25-15-9-6-10-16-25/h5-18,23,27H,4,19-22H2,1-3H3,(H,32,36)/t27-/m0/s1. The van der Waals surface area contributed by atoms with E-state index in [0.29, 0.717) is 19.4 Å². The molecule has 1 atom stereocenters. The van der Waals surface area contributed by atoms with Crippen molar-refractivity contribution in [3.05, 3.63) is 95.5 Å². The number of benzene rings is 3. The number of hydrogen-bond donors (Lipinski definition) is 1. The summed E-state index contributed by atoms with van der Waals surface area (Å²) in [4.78, 5) is 28.7. The van der Waals surface area contributed by atoms with Gasteiger partial charge in [-0.2, -0.15) is 0 Å². The van der Waals surface area contributed by atoms with Gasteiger partial charge in [-0.3, -0.25) is 13.9 Å². The van der Waals surface area contributed by atoms with Gasteiger partial charge in [0, 0.05) is 13.1 Å². The third-order valence-corrected chi connectivity index (χ3v) is 8.38. The Bertz CT molecular complexity index is 1330. The molecule has 3 aromatic rings. The summed E-state index contributed by atoms with van der Waals surface area (Å²) in [6.45, 7) is 6.05. The van der Waals surface area contributed by atoms with E-state index < -0.39 is 28.5 Å². The number of rotatable bonds is 13. The summed E-state index contributed by atoms with van der Waals surface area (Å²) in [6, 6.07) is 23.3. The zero-order valence-corrected chi connectivity index (χ0v) is 24.2. The lowest BCUT2D eigenvalue weighted by Gasteiger charge is -2.33. The molecule has 1 N–H and O–H groups in total. The van der Waals surface area contributed by atoms with Crippen LogP contribution in [0, 0.1) is 5.92 Å². The smallest absolute Gasteiger partial charge is 0.264 e. The van der Waals surface area contributed by atoms with E-state index in [1.807, 2.05) is 51.1 Å². The van der Waals surface area contributed by atoms with Gasteiger partial charge in [0.25, 0.3) is 10.0 Å². The topological polar surface area (TPSA) is 86.8 Å². The lowest BCUT2D eigenvalue weighted by Crippen LogP contribution is -2.53. The van der Waals surface area contributed by atoms with Crippen molar-refractivity contribution in [2.45, 2.75) is 44.6 Å². The molecule has 0 aliphatic heterocycles. The van der Waals surface area contributed by atoms with Crippen molar-refractivity contribution in [1.82, 2.24) is 10.2 Å². The summed E-state index contributed by atoms with van der Waals surface area (Å²) in [5, 5.41) is 3.13. The molecular weight excluding hydrogens is 534 g/mol. The number of nitrogens with zero attached hydrogens (tertiary/aromatic N) is 2. The SMILES string of the molecule is CC[C@@H](C(=O)NCC(C)C)N(CCc1ccccc1)C(=O)CN(c1ccccc1Cl)S(=O)(=O)c1ccccc1. The van der Waals surface area contributed by atoms with Crippen molar-refractivity contribution >= 4 is 39.1 Å². The molecule has 0 unspecified atom stereocenters. The highest BCUT2D eigenvalue weighted by Gasteiger charge is 2.34. The van der Waals surface area contributed by atoms with Gasteiger partial charge in [0.05, 0.1) is 15.6 Å². The van der Waals surface area contributed by atoms with Gasteiger partial charge in [-0.1, -0.05) is 93.0 Å². The van der Waals surface area contributed by atoms with Crippen molar-refractivity contribution in [2.75, 3.05) is 23.9 Å². The number of hydrogen-bond acceptors (Lipinski definition) is 4. The van der Waals surface area contributed by atoms with Crippen LogP contribution in [0.15, 0.2) is 89.8 Å². The average Bonchev–Trinajstić information content (AvgIpc) is 2.94. The first-order valence-corrected chi connectivity index (χ1v) is 14.9. The first-order valence-electron chi connectivity index (χ1n) is 13.1. The second kappa shape index (κ2) is 14.1. The molecule has 208 valence electrons. The quantitative estimate of drug-likeness (QED) is 0.308. The molecule has 0 aromatic heterocycles. The third-order valence-electron chi connectivity index (χ3n) is 6.29. The fraction of sp³-hybridized carbons (Fsp3) is 0.333. The highest BCUT2D eigenvalue weighted by molar-refractivity contribution is 7.92. The van der Waals surface area contributed by atoms with Gasteiger partial charge in [-0.25, -0.2) is 8.42 Å². The van der Waals surface area contributed by atoms with E-state index in [1.165, 1.54) is 17.0 Å². The van der Waals surface area contributed by atoms with Gasteiger partial charge >= 0.3 is 0 Å². The van der Waals surface area contributed by atoms with E-state index in [9.17, 15) is 18.0 Å². The number of para-hydroxylation sites is 1. The van der Waals surface area contributed by atoms with E-state index in [2.05, 4.69) is 5.32 Å². The Balaban J connectivity index is 1.99. The van der Waals surface area contributed by atoms with Crippen molar-refractivity contribution < 1.29 is 18.0 Å². The maximum atomic E-state index is 14.0. The second-order valence-corrected chi connectivity index (χ2v) is 11.9. The Kier molecular flexibility index (Phi) is 10.9. The molecule has 0 fully saturated rings. The molecule has 2 amide bonds. The highest BCUT2D eigenvalue weighted by atomic mass is 35.5. The minimum absolute atomic E-state index is 0.0373. The minimum Gasteiger partial charge on any atom is -0.354 e. The van der Waals surface area contributed by atoms with Crippen molar-refractivity contribution in [1.29, 1.82) is 0 Å². The lowest BCUT2D eigenvalue weighted by atomic mass is 10.1. The monoisotopic (exact) mass is 569 g/mol. The Labute approximate surface area is 236 Å². The molecule has 3 aromatic carbocycles. The molecule has 0 bridgehead atoms. The van der Waals surface area contributed by atoms with E-state index in [0.717, 1.165) is 9.87 Å². The van der Waals surface area contributed by atoms with Crippen LogP contribution < -0.4 is 9.62 Å². The Morgan fingerprint density at radius 1 is 0.897 bits per heavy atom. The van der Waals surface area contributed by atoms with Crippen LogP contribution in [0.1, 0.15) is 32.8 Å². The van der Waals surface area contributed by atoms with Gasteiger partial charge in [0.2, 0.25) is 11.8 Å². The van der Waals surface area contributed by atoms with Crippen LogP contribution in [-0.2, 0) is 26.0 Å². The van der Waals surface area contributed by atoms with Gasteiger partial charge in [-0.15, -0.1) is 0 Å². The maximum absolute atomic E-state index is 14.0. The molecule has 39 heavy (non-hydrogen) atoms. The Morgan fingerprint density at radius 2 is 1.49 bits per heavy atom. The molecule has 0 aliphatic rings. The van der Waals surface area contributed by atoms with Crippen LogP contribution in [0.3, 0.4) is 0 Å². The van der Waals surface area contributed by atoms with E-state index in [-0.39, 0.29) is 34.0 Å². The van der Waals surface area contributed by atoms with Crippen LogP contribution in [0.25, 0.3) is 0 Å². The van der Waals surface area contributed by atoms with Crippen LogP contribution in [0.5, 0.6) is 0 Å². The first-order chi connectivity index (χ1) is 18.6. The van der Waals surface area contributed by atoms with Crippen LogP contribution in [-0.4, -0.2) is 50.8 Å². The summed E-state index contributed by atoms with van der Waals surface area (Å²) in [5.41, 5.74) is 1.20. The number of carbonyl (C=O) groups excluding carboxylic acids is 2. The average molecular weight is 570 g/mol. The molecule has 0 spiro atoms. The van der Waals surface area contributed by atoms with Crippen molar-refractivity contribution in [3.8, 4) is 0 Å². The zero-order valence-electron chi connectivity index (χ0n) is 22.6. The molecule has 0 saturated heterocycles. The number of halogens is 1. The molecule has 0 radical (unpaired) electrons. The van der Waals surface area contributed by atoms with Gasteiger partial charge in [0.1, 0.15) is 12.6 Å². The zero-order chi connectivity index (χ0) is 28.4. The number of anilines is 1. The number of sulfonamides is 1. The predicted molar refractivity (Wildman–Crippen MR) is 156 cm³/mol. The maximum Gasteiger partial charge on any atom is 0.264 e. The Hall–Kier alpha value is -3.36. The molecule has 0 saturated carbocycles. The molecule has 7 nitrogen and oxygen atoms in total. The van der Waals surface area contributed by atoms with Gasteiger partial charge in [0.15, 0.2) is 0 Å². The Morgan fingerprint density at radius 3 is 2.08 bits per heavy atom. The summed E-state index contributed by atoms with van der Waals surface area (Å²) in [5.74, 6) is -0.508. The van der Waals surface area contributed by atoms with Gasteiger partial charge in [-0.05, 0) is 48.6 Å². The summed E-state index contributed by atoms with van der Waals surface area (Å²) in [6.07, 6.45) is 0.889. The fourth-order valence-corrected chi connectivity index (χ4v) is 5.95. The summed E-state index contributed by atoms with van der Waals surface area (Å²) >= 11 is 6.43. The molecule has 0 heterocycles. The van der Waals surface area contributed by atoms with E-state index in [4.69, 9.17) is 11.6 Å². The van der Waals surface area contributed by atoms with Gasteiger partial charge < -0.3 is 10.2 Å². The summed E-state index contributed by atoms with van der Waals surface area (Å²) < 4.78 is 28.6. The highest BCUT2D eigenvalue weighted by Crippen LogP contribution is 2.30. The number of amides is 2. The minimum atomic E-state index is -4.15. The van der Waals surface area contributed by atoms with Crippen LogP contribution in [0.4, 0.5) is 5.69 Å². The molecule has 9 heteroatoms. The largest absolute Gasteiger partial charge is 0.354 e. The first kappa shape index (κ1) is 30.2. The van der Waals surface area contributed by atoms with Crippen molar-refractivity contribution in [2.24, 2.45) is 5.92 Å².